The van der Waals surface area contributed by atoms with Crippen molar-refractivity contribution in [1.82, 2.24) is 5.32 Å². The molecule has 0 atom stereocenters. The van der Waals surface area contributed by atoms with Gasteiger partial charge in [-0.05, 0) is 18.2 Å². The molecule has 1 heterocycles. The van der Waals surface area contributed by atoms with E-state index in [0.29, 0.717) is 24.8 Å². The predicted molar refractivity (Wildman–Crippen MR) is 62.7 cm³/mol. The highest BCUT2D eigenvalue weighted by Crippen LogP contribution is 2.25. The molecule has 1 aromatic rings. The number of rotatable bonds is 3. The molecule has 0 unspecified atom stereocenters. The number of hydrogen-bond donors (Lipinski definition) is 1. The van der Waals surface area contributed by atoms with Gasteiger partial charge in [0, 0.05) is 17.0 Å². The van der Waals surface area contributed by atoms with Crippen LogP contribution in [0.25, 0.3) is 0 Å². The van der Waals surface area contributed by atoms with Crippen molar-refractivity contribution < 1.29 is 13.9 Å². The van der Waals surface area contributed by atoms with Gasteiger partial charge in [0.25, 0.3) is 5.91 Å². The molecule has 92 valence electrons. The van der Waals surface area contributed by atoms with Crippen LogP contribution in [0.2, 0.25) is 5.02 Å². The van der Waals surface area contributed by atoms with Crippen LogP contribution in [0, 0.1) is 11.2 Å². The number of carbonyl (C=O) groups excluding carboxylic acids is 1. The predicted octanol–water partition coefficient (Wildman–Crippen LogP) is 2.25. The molecule has 1 fully saturated rings. The van der Waals surface area contributed by atoms with Crippen LogP contribution in [0.15, 0.2) is 18.2 Å². The number of benzene rings is 1. The first kappa shape index (κ1) is 12.3. The zero-order valence-electron chi connectivity index (χ0n) is 9.43. The fraction of sp³-hybridized carbons (Fsp3) is 0.417. The summed E-state index contributed by atoms with van der Waals surface area (Å²) >= 11 is 5.72. The fourth-order valence-corrected chi connectivity index (χ4v) is 1.79. The van der Waals surface area contributed by atoms with Gasteiger partial charge in [-0.1, -0.05) is 18.5 Å². The Morgan fingerprint density at radius 3 is 2.88 bits per heavy atom. The van der Waals surface area contributed by atoms with Crippen LogP contribution < -0.4 is 5.32 Å². The van der Waals surface area contributed by atoms with E-state index in [1.54, 1.807) is 0 Å². The van der Waals surface area contributed by atoms with Gasteiger partial charge >= 0.3 is 0 Å². The SMILES string of the molecule is CC1(CNC(=O)c2cc(Cl)ccc2F)COC1. The standard InChI is InChI=1S/C12H13ClFNO2/c1-12(6-17-7-12)5-15-11(16)9-4-8(13)2-3-10(9)14/h2-4H,5-7H2,1H3,(H,15,16). The van der Waals surface area contributed by atoms with Gasteiger partial charge in [-0.25, -0.2) is 4.39 Å². The van der Waals surface area contributed by atoms with E-state index in [9.17, 15) is 9.18 Å². The maximum Gasteiger partial charge on any atom is 0.254 e. The summed E-state index contributed by atoms with van der Waals surface area (Å²) in [6.07, 6.45) is 0. The minimum absolute atomic E-state index is 0.0265. The minimum Gasteiger partial charge on any atom is -0.380 e. The van der Waals surface area contributed by atoms with Crippen LogP contribution in [-0.2, 0) is 4.74 Å². The van der Waals surface area contributed by atoms with Crippen LogP contribution in [0.4, 0.5) is 4.39 Å². The van der Waals surface area contributed by atoms with Crippen molar-refractivity contribution in [2.75, 3.05) is 19.8 Å². The second-order valence-corrected chi connectivity index (χ2v) is 5.05. The Hall–Kier alpha value is -1.13. The van der Waals surface area contributed by atoms with E-state index in [1.807, 2.05) is 6.92 Å². The van der Waals surface area contributed by atoms with Crippen molar-refractivity contribution >= 4 is 17.5 Å². The first-order valence-corrected chi connectivity index (χ1v) is 5.69. The molecule has 1 aromatic carbocycles. The molecule has 17 heavy (non-hydrogen) atoms. The van der Waals surface area contributed by atoms with Gasteiger partial charge in [0.15, 0.2) is 0 Å². The molecule has 1 aliphatic heterocycles. The summed E-state index contributed by atoms with van der Waals surface area (Å²) in [6.45, 7) is 3.71. The smallest absolute Gasteiger partial charge is 0.254 e. The zero-order chi connectivity index (χ0) is 12.5. The summed E-state index contributed by atoms with van der Waals surface area (Å²) < 4.78 is 18.5. The lowest BCUT2D eigenvalue weighted by Crippen LogP contribution is -2.48. The van der Waals surface area contributed by atoms with Gasteiger partial charge in [0.05, 0.1) is 18.8 Å². The van der Waals surface area contributed by atoms with Crippen LogP contribution in [-0.4, -0.2) is 25.7 Å². The molecular formula is C12H13ClFNO2. The maximum absolute atomic E-state index is 13.4. The molecule has 3 nitrogen and oxygen atoms in total. The normalized spacial score (nSPS) is 17.4. The van der Waals surface area contributed by atoms with Crippen LogP contribution >= 0.6 is 11.6 Å². The Morgan fingerprint density at radius 2 is 2.29 bits per heavy atom. The lowest BCUT2D eigenvalue weighted by Gasteiger charge is -2.38. The Morgan fingerprint density at radius 1 is 1.59 bits per heavy atom. The third-order valence-electron chi connectivity index (χ3n) is 2.75. The quantitative estimate of drug-likeness (QED) is 0.902. The molecule has 5 heteroatoms. The van der Waals surface area contributed by atoms with E-state index in [4.69, 9.17) is 16.3 Å². The lowest BCUT2D eigenvalue weighted by atomic mass is 9.88. The molecule has 1 aliphatic rings. The summed E-state index contributed by atoms with van der Waals surface area (Å²) in [5.74, 6) is -1.01. The number of carbonyl (C=O) groups is 1. The largest absolute Gasteiger partial charge is 0.380 e. The molecule has 1 amide bonds. The van der Waals surface area contributed by atoms with E-state index in [0.717, 1.165) is 0 Å². The summed E-state index contributed by atoms with van der Waals surface area (Å²) in [5.41, 5.74) is -0.0635. The van der Waals surface area contributed by atoms with Gasteiger partial charge in [-0.15, -0.1) is 0 Å². The second kappa shape index (κ2) is 4.63. The van der Waals surface area contributed by atoms with E-state index < -0.39 is 11.7 Å². The molecule has 0 aliphatic carbocycles. The van der Waals surface area contributed by atoms with Crippen LogP contribution in [0.5, 0.6) is 0 Å². The summed E-state index contributed by atoms with van der Waals surface area (Å²) in [7, 11) is 0. The van der Waals surface area contributed by atoms with Crippen molar-refractivity contribution in [2.45, 2.75) is 6.92 Å². The van der Waals surface area contributed by atoms with Crippen molar-refractivity contribution in [3.8, 4) is 0 Å². The van der Waals surface area contributed by atoms with Crippen molar-refractivity contribution in [2.24, 2.45) is 5.41 Å². The van der Waals surface area contributed by atoms with Crippen LogP contribution in [0.1, 0.15) is 17.3 Å². The molecule has 1 N–H and O–H groups in total. The molecule has 0 saturated carbocycles. The highest BCUT2D eigenvalue weighted by molar-refractivity contribution is 6.30. The maximum atomic E-state index is 13.4. The van der Waals surface area contributed by atoms with E-state index in [2.05, 4.69) is 5.32 Å². The van der Waals surface area contributed by atoms with Gasteiger partial charge in [0.1, 0.15) is 5.82 Å². The topological polar surface area (TPSA) is 38.3 Å². The van der Waals surface area contributed by atoms with Gasteiger partial charge in [-0.2, -0.15) is 0 Å². The molecule has 2 rings (SSSR count). The van der Waals surface area contributed by atoms with Crippen molar-refractivity contribution in [1.29, 1.82) is 0 Å². The molecular weight excluding hydrogens is 245 g/mol. The van der Waals surface area contributed by atoms with Crippen LogP contribution in [0.3, 0.4) is 0 Å². The average Bonchev–Trinajstić information content (AvgIpc) is 2.26. The first-order valence-electron chi connectivity index (χ1n) is 5.31. The molecule has 0 bridgehead atoms. The number of amides is 1. The monoisotopic (exact) mass is 257 g/mol. The molecule has 1 saturated heterocycles. The van der Waals surface area contributed by atoms with E-state index in [1.165, 1.54) is 18.2 Å². The highest BCUT2D eigenvalue weighted by atomic mass is 35.5. The summed E-state index contributed by atoms with van der Waals surface area (Å²) in [5, 5.41) is 3.03. The van der Waals surface area contributed by atoms with Gasteiger partial charge < -0.3 is 10.1 Å². The molecule has 0 aromatic heterocycles. The highest BCUT2D eigenvalue weighted by Gasteiger charge is 2.33. The number of ether oxygens (including phenoxy) is 1. The zero-order valence-corrected chi connectivity index (χ0v) is 10.2. The fourth-order valence-electron chi connectivity index (χ4n) is 1.61. The third-order valence-corrected chi connectivity index (χ3v) is 2.98. The van der Waals surface area contributed by atoms with Gasteiger partial charge in [-0.3, -0.25) is 4.79 Å². The van der Waals surface area contributed by atoms with Crippen molar-refractivity contribution in [3.63, 3.8) is 0 Å². The average molecular weight is 258 g/mol. The summed E-state index contributed by atoms with van der Waals surface area (Å²) in [6, 6.07) is 3.92. The van der Waals surface area contributed by atoms with E-state index >= 15 is 0 Å². The van der Waals surface area contributed by atoms with E-state index in [-0.39, 0.29) is 11.0 Å². The number of halogens is 2. The third kappa shape index (κ3) is 2.76. The minimum atomic E-state index is -0.568. The number of hydrogen-bond acceptors (Lipinski definition) is 2. The molecule has 0 spiro atoms. The van der Waals surface area contributed by atoms with Crippen molar-refractivity contribution in [3.05, 3.63) is 34.6 Å². The van der Waals surface area contributed by atoms with Gasteiger partial charge in [0.2, 0.25) is 0 Å². The Labute approximate surface area is 104 Å². The lowest BCUT2D eigenvalue weighted by molar-refractivity contribution is -0.0978. The Balaban J connectivity index is 2.01. The Bertz CT molecular complexity index is 446. The number of nitrogens with one attached hydrogen (secondary N) is 1. The molecule has 0 radical (unpaired) electrons. The second-order valence-electron chi connectivity index (χ2n) is 4.61. The summed E-state index contributed by atoms with van der Waals surface area (Å²) in [4.78, 5) is 11.8. The Kier molecular flexibility index (Phi) is 3.35. The first-order chi connectivity index (χ1) is 8.00.